The Morgan fingerprint density at radius 2 is 2.40 bits per heavy atom. The Kier molecular flexibility index (Phi) is 2.98. The molecule has 0 spiro atoms. The smallest absolute Gasteiger partial charge is 0.0292 e. The van der Waals surface area contributed by atoms with Crippen molar-refractivity contribution in [2.24, 2.45) is 5.92 Å². The summed E-state index contributed by atoms with van der Waals surface area (Å²) in [5.41, 5.74) is 1.69. The highest BCUT2D eigenvalue weighted by Crippen LogP contribution is 2.32. The maximum Gasteiger partial charge on any atom is -0.0292 e. The molecule has 0 nitrogen and oxygen atoms in total. The highest BCUT2D eigenvalue weighted by Gasteiger charge is 2.16. The molecule has 1 rings (SSSR count). The molecule has 1 saturated carbocycles. The molecule has 1 aliphatic carbocycles. The van der Waals surface area contributed by atoms with Crippen LogP contribution in [-0.2, 0) is 0 Å². The maximum atomic E-state index is 2.30. The van der Waals surface area contributed by atoms with Gasteiger partial charge in [0.1, 0.15) is 0 Å². The summed E-state index contributed by atoms with van der Waals surface area (Å²) < 4.78 is 0. The van der Waals surface area contributed by atoms with Gasteiger partial charge in [-0.3, -0.25) is 0 Å². The van der Waals surface area contributed by atoms with E-state index in [-0.39, 0.29) is 0 Å². The first-order valence-corrected chi connectivity index (χ1v) is 4.50. The maximum absolute atomic E-state index is 2.30. The van der Waals surface area contributed by atoms with Crippen molar-refractivity contribution < 1.29 is 0 Å². The van der Waals surface area contributed by atoms with Crippen molar-refractivity contribution in [2.45, 2.75) is 46.0 Å². The van der Waals surface area contributed by atoms with Crippen LogP contribution < -0.4 is 0 Å². The van der Waals surface area contributed by atoms with Crippen LogP contribution in [0.15, 0.2) is 11.6 Å². The molecule has 0 saturated heterocycles. The summed E-state index contributed by atoms with van der Waals surface area (Å²) >= 11 is 0. The van der Waals surface area contributed by atoms with Crippen LogP contribution >= 0.6 is 0 Å². The Hall–Kier alpha value is -0.260. The number of rotatable bonds is 2. The van der Waals surface area contributed by atoms with Crippen LogP contribution in [0, 0.1) is 5.92 Å². The predicted octanol–water partition coefficient (Wildman–Crippen LogP) is 3.53. The van der Waals surface area contributed by atoms with Gasteiger partial charge in [-0.2, -0.15) is 0 Å². The van der Waals surface area contributed by atoms with Gasteiger partial charge in [0.25, 0.3) is 0 Å². The van der Waals surface area contributed by atoms with E-state index in [0.29, 0.717) is 0 Å². The number of hydrogen-bond acceptors (Lipinski definition) is 0. The van der Waals surface area contributed by atoms with Gasteiger partial charge in [0.15, 0.2) is 0 Å². The van der Waals surface area contributed by atoms with E-state index in [4.69, 9.17) is 0 Å². The van der Waals surface area contributed by atoms with Crippen LogP contribution in [0.2, 0.25) is 0 Å². The monoisotopic (exact) mass is 138 g/mol. The van der Waals surface area contributed by atoms with Crippen LogP contribution in [0.5, 0.6) is 0 Å². The lowest BCUT2D eigenvalue weighted by Crippen LogP contribution is -1.90. The van der Waals surface area contributed by atoms with Crippen molar-refractivity contribution in [3.8, 4) is 0 Å². The molecule has 0 aromatic heterocycles. The molecule has 0 aromatic carbocycles. The van der Waals surface area contributed by atoms with E-state index in [1.165, 1.54) is 32.1 Å². The molecular formula is C10H18. The minimum absolute atomic E-state index is 1.02. The second-order valence-corrected chi connectivity index (χ2v) is 3.34. The molecule has 1 aliphatic rings. The molecule has 1 fully saturated rings. The van der Waals surface area contributed by atoms with Crippen LogP contribution in [-0.4, -0.2) is 0 Å². The lowest BCUT2D eigenvalue weighted by atomic mass is 10.0. The first-order chi connectivity index (χ1) is 4.86. The zero-order valence-electron chi connectivity index (χ0n) is 7.19. The first-order valence-electron chi connectivity index (χ1n) is 4.50. The summed E-state index contributed by atoms with van der Waals surface area (Å²) in [5, 5.41) is 0. The average molecular weight is 138 g/mol. The van der Waals surface area contributed by atoms with Crippen molar-refractivity contribution >= 4 is 0 Å². The highest BCUT2D eigenvalue weighted by atomic mass is 14.2. The zero-order valence-corrected chi connectivity index (χ0v) is 7.19. The molecule has 0 heteroatoms. The van der Waals surface area contributed by atoms with Gasteiger partial charge in [0.2, 0.25) is 0 Å². The molecule has 58 valence electrons. The van der Waals surface area contributed by atoms with E-state index in [0.717, 1.165) is 5.92 Å². The van der Waals surface area contributed by atoms with E-state index in [1.54, 1.807) is 5.57 Å². The third-order valence-electron chi connectivity index (χ3n) is 2.53. The minimum atomic E-state index is 1.02. The normalized spacial score (nSPS) is 29.8. The molecule has 0 heterocycles. The minimum Gasteiger partial charge on any atom is -0.0884 e. The molecule has 0 radical (unpaired) electrons. The van der Waals surface area contributed by atoms with Gasteiger partial charge >= 0.3 is 0 Å². The fourth-order valence-electron chi connectivity index (χ4n) is 1.88. The predicted molar refractivity (Wildman–Crippen MR) is 46.0 cm³/mol. The van der Waals surface area contributed by atoms with E-state index in [1.807, 2.05) is 0 Å². The van der Waals surface area contributed by atoms with Gasteiger partial charge < -0.3 is 0 Å². The molecule has 1 atom stereocenters. The van der Waals surface area contributed by atoms with Gasteiger partial charge in [0, 0.05) is 0 Å². The SMILES string of the molecule is C/C=C1/CCC(CCC)C1. The van der Waals surface area contributed by atoms with E-state index in [2.05, 4.69) is 19.9 Å². The molecule has 0 bridgehead atoms. The third-order valence-corrected chi connectivity index (χ3v) is 2.53. The fourth-order valence-corrected chi connectivity index (χ4v) is 1.88. The Morgan fingerprint density at radius 3 is 2.90 bits per heavy atom. The summed E-state index contributed by atoms with van der Waals surface area (Å²) in [4.78, 5) is 0. The summed E-state index contributed by atoms with van der Waals surface area (Å²) in [6.45, 7) is 4.46. The topological polar surface area (TPSA) is 0 Å². The quantitative estimate of drug-likeness (QED) is 0.512. The molecule has 0 aliphatic heterocycles. The Labute approximate surface area is 64.3 Å². The molecule has 0 amide bonds. The Balaban J connectivity index is 2.29. The summed E-state index contributed by atoms with van der Waals surface area (Å²) in [6, 6.07) is 0. The third kappa shape index (κ3) is 1.86. The van der Waals surface area contributed by atoms with E-state index >= 15 is 0 Å². The van der Waals surface area contributed by atoms with Crippen molar-refractivity contribution in [3.05, 3.63) is 11.6 Å². The fraction of sp³-hybridized carbons (Fsp3) is 0.800. The lowest BCUT2D eigenvalue weighted by molar-refractivity contribution is 0.503. The van der Waals surface area contributed by atoms with Gasteiger partial charge in [-0.25, -0.2) is 0 Å². The second-order valence-electron chi connectivity index (χ2n) is 3.34. The van der Waals surface area contributed by atoms with E-state index < -0.39 is 0 Å². The average Bonchev–Trinajstić information content (AvgIpc) is 2.37. The van der Waals surface area contributed by atoms with E-state index in [9.17, 15) is 0 Å². The van der Waals surface area contributed by atoms with Crippen molar-refractivity contribution in [1.29, 1.82) is 0 Å². The zero-order chi connectivity index (χ0) is 7.40. The first kappa shape index (κ1) is 7.84. The van der Waals surface area contributed by atoms with Crippen LogP contribution in [0.25, 0.3) is 0 Å². The molecule has 1 unspecified atom stereocenters. The Bertz CT molecular complexity index is 122. The summed E-state index contributed by atoms with van der Waals surface area (Å²) in [7, 11) is 0. The molecule has 0 aromatic rings. The summed E-state index contributed by atoms with van der Waals surface area (Å²) in [5.74, 6) is 1.02. The van der Waals surface area contributed by atoms with Crippen LogP contribution in [0.4, 0.5) is 0 Å². The van der Waals surface area contributed by atoms with Crippen molar-refractivity contribution in [1.82, 2.24) is 0 Å². The lowest BCUT2D eigenvalue weighted by Gasteiger charge is -2.03. The highest BCUT2D eigenvalue weighted by molar-refractivity contribution is 5.06. The second kappa shape index (κ2) is 3.80. The van der Waals surface area contributed by atoms with Gasteiger partial charge in [0.05, 0.1) is 0 Å². The number of hydrogen-bond donors (Lipinski definition) is 0. The van der Waals surface area contributed by atoms with Crippen molar-refractivity contribution in [3.63, 3.8) is 0 Å². The standard InChI is InChI=1S/C10H18/c1-3-5-10-7-6-9(4-2)8-10/h4,10H,3,5-8H2,1-2H3/b9-4-. The number of allylic oxidation sites excluding steroid dienone is 2. The largest absolute Gasteiger partial charge is 0.0884 e. The van der Waals surface area contributed by atoms with Crippen LogP contribution in [0.1, 0.15) is 46.0 Å². The van der Waals surface area contributed by atoms with Crippen LogP contribution in [0.3, 0.4) is 0 Å². The molecular weight excluding hydrogens is 120 g/mol. The van der Waals surface area contributed by atoms with Crippen molar-refractivity contribution in [2.75, 3.05) is 0 Å². The molecule has 0 N–H and O–H groups in total. The Morgan fingerprint density at radius 1 is 1.60 bits per heavy atom. The van der Waals surface area contributed by atoms with Gasteiger partial charge in [-0.05, 0) is 32.1 Å². The molecule has 10 heavy (non-hydrogen) atoms. The summed E-state index contributed by atoms with van der Waals surface area (Å²) in [6.07, 6.45) is 9.33. The van der Waals surface area contributed by atoms with Gasteiger partial charge in [-0.15, -0.1) is 0 Å². The van der Waals surface area contributed by atoms with Gasteiger partial charge in [-0.1, -0.05) is 31.4 Å².